The molecule has 6 nitrogen and oxygen atoms in total. The van der Waals surface area contributed by atoms with Gasteiger partial charge in [-0.25, -0.2) is 9.97 Å². The number of benzene rings is 1. The van der Waals surface area contributed by atoms with Gasteiger partial charge in [0, 0.05) is 46.9 Å². The Kier molecular flexibility index (Phi) is 4.14. The summed E-state index contributed by atoms with van der Waals surface area (Å²) < 4.78 is 7.16. The van der Waals surface area contributed by atoms with Crippen molar-refractivity contribution in [2.24, 2.45) is 0 Å². The summed E-state index contributed by atoms with van der Waals surface area (Å²) in [5.74, 6) is 0. The summed E-state index contributed by atoms with van der Waals surface area (Å²) in [6.07, 6.45) is 9.62. The summed E-state index contributed by atoms with van der Waals surface area (Å²) in [7, 11) is 1.63. The number of hydrogen-bond donors (Lipinski definition) is 1. The van der Waals surface area contributed by atoms with Gasteiger partial charge in [-0.3, -0.25) is 4.68 Å². The number of hydrogen-bond acceptors (Lipinski definition) is 5. The number of nitrogens with one attached hydrogen (secondary N) is 1. The van der Waals surface area contributed by atoms with Crippen molar-refractivity contribution in [2.45, 2.75) is 6.54 Å². The second-order valence-electron chi connectivity index (χ2n) is 6.43. The van der Waals surface area contributed by atoms with E-state index in [2.05, 4.69) is 44.4 Å². The first-order chi connectivity index (χ1) is 13.8. The molecule has 1 N–H and O–H groups in total. The normalized spacial score (nSPS) is 11.2. The molecule has 0 atom stereocenters. The molecule has 0 unspecified atom stereocenters. The van der Waals surface area contributed by atoms with Crippen molar-refractivity contribution < 1.29 is 4.74 Å². The minimum absolute atomic E-state index is 0.645. The van der Waals surface area contributed by atoms with Crippen molar-refractivity contribution in [3.8, 4) is 26.8 Å². The van der Waals surface area contributed by atoms with Crippen LogP contribution < -0.4 is 4.74 Å². The predicted octanol–water partition coefficient (Wildman–Crippen LogP) is 4.61. The highest BCUT2D eigenvalue weighted by molar-refractivity contribution is 7.16. The largest absolute Gasteiger partial charge is 0.473 e. The van der Waals surface area contributed by atoms with Crippen LogP contribution >= 0.6 is 11.3 Å². The first-order valence-electron chi connectivity index (χ1n) is 8.84. The van der Waals surface area contributed by atoms with Crippen LogP contribution in [0.15, 0.2) is 67.4 Å². The zero-order chi connectivity index (χ0) is 18.9. The highest BCUT2D eigenvalue weighted by Gasteiger charge is 2.12. The second-order valence-corrected chi connectivity index (χ2v) is 7.42. The monoisotopic (exact) mass is 387 g/mol. The van der Waals surface area contributed by atoms with Crippen molar-refractivity contribution in [1.29, 1.82) is 0 Å². The fourth-order valence-electron chi connectivity index (χ4n) is 3.22. The number of pyridine rings is 1. The van der Waals surface area contributed by atoms with Gasteiger partial charge < -0.3 is 9.72 Å². The Morgan fingerprint density at radius 2 is 1.96 bits per heavy atom. The van der Waals surface area contributed by atoms with Crippen molar-refractivity contribution in [3.05, 3.63) is 72.9 Å². The average molecular weight is 387 g/mol. The highest BCUT2D eigenvalue weighted by atomic mass is 32.1. The molecule has 0 bridgehead atoms. The van der Waals surface area contributed by atoms with Crippen molar-refractivity contribution in [3.63, 3.8) is 0 Å². The molecule has 1 aromatic carbocycles. The fourth-order valence-corrected chi connectivity index (χ4v) is 3.93. The number of fused-ring (bicyclic) bond motifs is 1. The predicted molar refractivity (Wildman–Crippen MR) is 111 cm³/mol. The summed E-state index contributed by atoms with van der Waals surface area (Å²) >= 11 is 1.50. The van der Waals surface area contributed by atoms with Gasteiger partial charge in [-0.15, -0.1) is 0 Å². The van der Waals surface area contributed by atoms with Crippen LogP contribution in [-0.4, -0.2) is 31.8 Å². The van der Waals surface area contributed by atoms with Crippen molar-refractivity contribution in [2.75, 3.05) is 7.11 Å². The Balaban J connectivity index is 1.50. The zero-order valence-corrected chi connectivity index (χ0v) is 16.0. The fraction of sp³-hybridized carbons (Fsp3) is 0.0952. The van der Waals surface area contributed by atoms with Crippen LogP contribution in [0.3, 0.4) is 0 Å². The Morgan fingerprint density at radius 3 is 2.79 bits per heavy atom. The van der Waals surface area contributed by atoms with E-state index in [1.165, 1.54) is 16.9 Å². The van der Waals surface area contributed by atoms with Crippen LogP contribution in [0.4, 0.5) is 0 Å². The number of nitrogens with zero attached hydrogens (tertiary/aromatic N) is 4. The van der Waals surface area contributed by atoms with E-state index in [0.717, 1.165) is 39.1 Å². The summed E-state index contributed by atoms with van der Waals surface area (Å²) in [5.41, 5.74) is 5.24. The molecule has 0 fully saturated rings. The molecular formula is C21H17N5OS. The van der Waals surface area contributed by atoms with Gasteiger partial charge in [0.25, 0.3) is 5.19 Å². The molecule has 0 aliphatic carbocycles. The quantitative estimate of drug-likeness (QED) is 0.478. The van der Waals surface area contributed by atoms with Gasteiger partial charge in [0.05, 0.1) is 24.7 Å². The molecule has 138 valence electrons. The number of rotatable bonds is 5. The van der Waals surface area contributed by atoms with Crippen LogP contribution in [0.25, 0.3) is 32.6 Å². The SMILES string of the molecule is COc1ncc(-c2cnc3[nH]cc(-c4cnn(Cc5ccccc5)c4)c3c2)s1. The Hall–Kier alpha value is -3.45. The minimum atomic E-state index is 0.645. The van der Waals surface area contributed by atoms with Crippen molar-refractivity contribution >= 4 is 22.4 Å². The summed E-state index contributed by atoms with van der Waals surface area (Å²) in [6, 6.07) is 12.4. The summed E-state index contributed by atoms with van der Waals surface area (Å²) in [4.78, 5) is 13.1. The average Bonchev–Trinajstić information content (AvgIpc) is 3.47. The van der Waals surface area contributed by atoms with Crippen LogP contribution in [0.1, 0.15) is 5.56 Å². The molecule has 0 aliphatic rings. The first kappa shape index (κ1) is 16.7. The maximum absolute atomic E-state index is 5.20. The lowest BCUT2D eigenvalue weighted by molar-refractivity contribution is 0.412. The van der Waals surface area contributed by atoms with E-state index < -0.39 is 0 Å². The molecule has 5 aromatic rings. The standard InChI is InChI=1S/C21H17N5OS/c1-27-21-24-11-19(28-21)15-7-17-18(10-23-20(17)22-8-15)16-9-25-26(13-16)12-14-5-3-2-4-6-14/h2-11,13H,12H2,1H3,(H,22,23). The topological polar surface area (TPSA) is 68.6 Å². The molecule has 0 aliphatic heterocycles. The van der Waals surface area contributed by atoms with Gasteiger partial charge in [0.15, 0.2) is 0 Å². The Labute approximate surface area is 165 Å². The van der Waals surface area contributed by atoms with E-state index in [4.69, 9.17) is 4.74 Å². The highest BCUT2D eigenvalue weighted by Crippen LogP contribution is 2.34. The lowest BCUT2D eigenvalue weighted by atomic mass is 10.1. The third-order valence-corrected chi connectivity index (χ3v) is 5.61. The number of methoxy groups -OCH3 is 1. The molecule has 4 aromatic heterocycles. The van der Waals surface area contributed by atoms with E-state index in [1.54, 1.807) is 7.11 Å². The molecule has 7 heteroatoms. The van der Waals surface area contributed by atoms with Gasteiger partial charge in [0.1, 0.15) is 5.65 Å². The molecule has 0 spiro atoms. The van der Waals surface area contributed by atoms with E-state index in [1.807, 2.05) is 47.7 Å². The number of thiazole rings is 1. The van der Waals surface area contributed by atoms with Gasteiger partial charge >= 0.3 is 0 Å². The van der Waals surface area contributed by atoms with Crippen LogP contribution in [0.2, 0.25) is 0 Å². The Morgan fingerprint density at radius 1 is 1.07 bits per heavy atom. The number of aromatic nitrogens is 5. The van der Waals surface area contributed by atoms with E-state index >= 15 is 0 Å². The van der Waals surface area contributed by atoms with Gasteiger partial charge in [0.2, 0.25) is 0 Å². The molecule has 0 saturated carbocycles. The Bertz CT molecular complexity index is 1240. The van der Waals surface area contributed by atoms with Crippen LogP contribution in [0.5, 0.6) is 5.19 Å². The maximum atomic E-state index is 5.20. The molecule has 0 saturated heterocycles. The number of aromatic amines is 1. The van der Waals surface area contributed by atoms with Gasteiger partial charge in [-0.2, -0.15) is 5.10 Å². The molecular weight excluding hydrogens is 370 g/mol. The molecule has 0 amide bonds. The number of ether oxygens (including phenoxy) is 1. The molecule has 28 heavy (non-hydrogen) atoms. The third-order valence-electron chi connectivity index (χ3n) is 4.61. The summed E-state index contributed by atoms with van der Waals surface area (Å²) in [5, 5.41) is 6.23. The van der Waals surface area contributed by atoms with Crippen molar-refractivity contribution in [1.82, 2.24) is 24.7 Å². The van der Waals surface area contributed by atoms with E-state index in [0.29, 0.717) is 5.19 Å². The maximum Gasteiger partial charge on any atom is 0.273 e. The van der Waals surface area contributed by atoms with Crippen LogP contribution in [-0.2, 0) is 6.54 Å². The minimum Gasteiger partial charge on any atom is -0.473 e. The number of H-pyrrole nitrogens is 1. The lowest BCUT2D eigenvalue weighted by Crippen LogP contribution is -1.99. The smallest absolute Gasteiger partial charge is 0.273 e. The first-order valence-corrected chi connectivity index (χ1v) is 9.66. The summed E-state index contributed by atoms with van der Waals surface area (Å²) in [6.45, 7) is 0.743. The van der Waals surface area contributed by atoms with E-state index in [9.17, 15) is 0 Å². The lowest BCUT2D eigenvalue weighted by Gasteiger charge is -2.01. The zero-order valence-electron chi connectivity index (χ0n) is 15.2. The van der Waals surface area contributed by atoms with E-state index in [-0.39, 0.29) is 0 Å². The van der Waals surface area contributed by atoms with Gasteiger partial charge in [-0.05, 0) is 11.6 Å². The van der Waals surface area contributed by atoms with Crippen LogP contribution in [0, 0.1) is 0 Å². The van der Waals surface area contributed by atoms with Gasteiger partial charge in [-0.1, -0.05) is 41.7 Å². The third kappa shape index (κ3) is 3.05. The molecule has 5 rings (SSSR count). The molecule has 0 radical (unpaired) electrons. The second kappa shape index (κ2) is 6.94. The molecule has 4 heterocycles.